The maximum atomic E-state index is 12.8. The Morgan fingerprint density at radius 3 is 2.83 bits per heavy atom. The van der Waals surface area contributed by atoms with E-state index < -0.39 is 0 Å². The maximum absolute atomic E-state index is 12.8. The number of hydrogen-bond acceptors (Lipinski definition) is 4. The zero-order valence-corrected chi connectivity index (χ0v) is 16.1. The van der Waals surface area contributed by atoms with Crippen molar-refractivity contribution in [2.24, 2.45) is 0 Å². The summed E-state index contributed by atoms with van der Waals surface area (Å²) < 4.78 is 11.7. The minimum atomic E-state index is 0. The van der Waals surface area contributed by atoms with Crippen LogP contribution in [0.3, 0.4) is 0 Å². The molecule has 1 aromatic rings. The van der Waals surface area contributed by atoms with Crippen LogP contribution in [0.4, 0.5) is 0 Å². The molecule has 1 N–H and O–H groups in total. The van der Waals surface area contributed by atoms with Gasteiger partial charge >= 0.3 is 0 Å². The van der Waals surface area contributed by atoms with Gasteiger partial charge in [0.2, 0.25) is 0 Å². The third-order valence-electron chi connectivity index (χ3n) is 3.84. The molecule has 1 heterocycles. The molecule has 1 saturated heterocycles. The Labute approximate surface area is 152 Å². The number of hydrogen-bond donors (Lipinski definition) is 1. The van der Waals surface area contributed by atoms with E-state index in [0.717, 1.165) is 30.4 Å². The number of carbonyl (C=O) groups is 1. The molecule has 130 valence electrons. The number of ether oxygens (including phenoxy) is 2. The van der Waals surface area contributed by atoms with Crippen LogP contribution in [0.5, 0.6) is 11.5 Å². The SMILES string of the molecule is CCOc1c(Br)cc(C(=O)N2CCCC2CNC)cc1OC.Cl. The predicted molar refractivity (Wildman–Crippen MR) is 97.1 cm³/mol. The van der Waals surface area contributed by atoms with E-state index in [-0.39, 0.29) is 24.4 Å². The highest BCUT2D eigenvalue weighted by atomic mass is 79.9. The fraction of sp³-hybridized carbons (Fsp3) is 0.562. The van der Waals surface area contributed by atoms with Crippen molar-refractivity contribution in [3.05, 3.63) is 22.2 Å². The van der Waals surface area contributed by atoms with Gasteiger partial charge in [0, 0.05) is 24.7 Å². The van der Waals surface area contributed by atoms with Crippen LogP contribution in [0.15, 0.2) is 16.6 Å². The van der Waals surface area contributed by atoms with Crippen LogP contribution < -0.4 is 14.8 Å². The van der Waals surface area contributed by atoms with Crippen LogP contribution in [0.25, 0.3) is 0 Å². The molecule has 0 aliphatic carbocycles. The summed E-state index contributed by atoms with van der Waals surface area (Å²) in [5.41, 5.74) is 0.621. The third-order valence-corrected chi connectivity index (χ3v) is 4.43. The van der Waals surface area contributed by atoms with Gasteiger partial charge in [-0.05, 0) is 54.9 Å². The second kappa shape index (κ2) is 9.35. The largest absolute Gasteiger partial charge is 0.493 e. The topological polar surface area (TPSA) is 50.8 Å². The molecule has 1 aromatic carbocycles. The number of rotatable bonds is 6. The molecule has 23 heavy (non-hydrogen) atoms. The number of nitrogens with one attached hydrogen (secondary N) is 1. The molecular formula is C16H24BrClN2O3. The highest BCUT2D eigenvalue weighted by Gasteiger charge is 2.29. The second-order valence-corrected chi connectivity index (χ2v) is 6.13. The van der Waals surface area contributed by atoms with Crippen molar-refractivity contribution in [1.82, 2.24) is 10.2 Å². The number of carbonyl (C=O) groups excluding carboxylic acids is 1. The van der Waals surface area contributed by atoms with E-state index in [4.69, 9.17) is 9.47 Å². The van der Waals surface area contributed by atoms with Gasteiger partial charge in [-0.2, -0.15) is 0 Å². The fourth-order valence-corrected chi connectivity index (χ4v) is 3.40. The van der Waals surface area contributed by atoms with Crippen molar-refractivity contribution in [2.75, 3.05) is 33.9 Å². The molecule has 0 aromatic heterocycles. The lowest BCUT2D eigenvalue weighted by Gasteiger charge is -2.25. The van der Waals surface area contributed by atoms with Crippen LogP contribution in [0.2, 0.25) is 0 Å². The standard InChI is InChI=1S/C16H23BrN2O3.ClH/c1-4-22-15-13(17)8-11(9-14(15)21-3)16(20)19-7-5-6-12(19)10-18-2;/h8-9,12,18H,4-7,10H2,1-3H3;1H. The Balaban J connectivity index is 0.00000264. The Morgan fingerprint density at radius 2 is 2.22 bits per heavy atom. The van der Waals surface area contributed by atoms with Gasteiger partial charge in [0.05, 0.1) is 18.2 Å². The van der Waals surface area contributed by atoms with Crippen molar-refractivity contribution in [1.29, 1.82) is 0 Å². The Morgan fingerprint density at radius 1 is 1.48 bits per heavy atom. The summed E-state index contributed by atoms with van der Waals surface area (Å²) in [6, 6.07) is 3.83. The average Bonchev–Trinajstić information content (AvgIpc) is 2.97. The third kappa shape index (κ3) is 4.52. The zero-order valence-electron chi connectivity index (χ0n) is 13.7. The first kappa shape index (κ1) is 20.1. The molecule has 7 heteroatoms. The van der Waals surface area contributed by atoms with E-state index in [1.807, 2.05) is 24.9 Å². The summed E-state index contributed by atoms with van der Waals surface area (Å²) in [4.78, 5) is 14.7. The monoisotopic (exact) mass is 406 g/mol. The number of benzene rings is 1. The molecule has 1 unspecified atom stereocenters. The molecule has 1 atom stereocenters. The molecule has 0 saturated carbocycles. The smallest absolute Gasteiger partial charge is 0.254 e. The number of nitrogens with zero attached hydrogens (tertiary/aromatic N) is 1. The number of likely N-dealkylation sites (N-methyl/N-ethyl adjacent to an activating group) is 1. The zero-order chi connectivity index (χ0) is 16.1. The first-order chi connectivity index (χ1) is 10.6. The van der Waals surface area contributed by atoms with E-state index in [1.54, 1.807) is 13.2 Å². The lowest BCUT2D eigenvalue weighted by Crippen LogP contribution is -2.40. The van der Waals surface area contributed by atoms with Crippen LogP contribution in [-0.4, -0.2) is 50.7 Å². The highest BCUT2D eigenvalue weighted by Crippen LogP contribution is 2.37. The van der Waals surface area contributed by atoms with Gasteiger partial charge in [-0.25, -0.2) is 0 Å². The first-order valence-corrected chi connectivity index (χ1v) is 8.37. The molecule has 0 radical (unpaired) electrons. The number of amides is 1. The number of halogens is 2. The van der Waals surface area contributed by atoms with Crippen LogP contribution in [0, 0.1) is 0 Å². The first-order valence-electron chi connectivity index (χ1n) is 7.58. The van der Waals surface area contributed by atoms with Crippen molar-refractivity contribution < 1.29 is 14.3 Å². The normalized spacial score (nSPS) is 16.9. The molecular weight excluding hydrogens is 384 g/mol. The molecule has 5 nitrogen and oxygen atoms in total. The summed E-state index contributed by atoms with van der Waals surface area (Å²) in [7, 11) is 3.50. The van der Waals surface area contributed by atoms with E-state index in [1.165, 1.54) is 0 Å². The van der Waals surface area contributed by atoms with Gasteiger partial charge in [-0.3, -0.25) is 4.79 Å². The molecule has 1 aliphatic heterocycles. The van der Waals surface area contributed by atoms with E-state index in [2.05, 4.69) is 21.2 Å². The molecule has 0 spiro atoms. The summed E-state index contributed by atoms with van der Waals surface area (Å²) in [6.07, 6.45) is 2.09. The maximum Gasteiger partial charge on any atom is 0.254 e. The van der Waals surface area contributed by atoms with E-state index >= 15 is 0 Å². The molecule has 0 bridgehead atoms. The van der Waals surface area contributed by atoms with Crippen LogP contribution in [-0.2, 0) is 0 Å². The number of methoxy groups -OCH3 is 1. The van der Waals surface area contributed by atoms with Gasteiger partial charge in [-0.1, -0.05) is 0 Å². The summed E-state index contributed by atoms with van der Waals surface area (Å²) in [5.74, 6) is 1.25. The lowest BCUT2D eigenvalue weighted by molar-refractivity contribution is 0.0736. The number of likely N-dealkylation sites (tertiary alicyclic amines) is 1. The van der Waals surface area contributed by atoms with Crippen molar-refractivity contribution in [2.45, 2.75) is 25.8 Å². The van der Waals surface area contributed by atoms with Gasteiger partial charge in [0.25, 0.3) is 5.91 Å². The van der Waals surface area contributed by atoms with Crippen molar-refractivity contribution in [3.63, 3.8) is 0 Å². The minimum absolute atomic E-state index is 0. The predicted octanol–water partition coefficient (Wildman–Crippen LogP) is 3.10. The Kier molecular flexibility index (Phi) is 8.16. The lowest BCUT2D eigenvalue weighted by atomic mass is 10.1. The van der Waals surface area contributed by atoms with E-state index in [9.17, 15) is 4.79 Å². The van der Waals surface area contributed by atoms with Crippen LogP contribution in [0.1, 0.15) is 30.1 Å². The summed E-state index contributed by atoms with van der Waals surface area (Å²) >= 11 is 3.47. The molecule has 2 rings (SSSR count). The van der Waals surface area contributed by atoms with Gasteiger partial charge in [0.15, 0.2) is 11.5 Å². The average molecular weight is 408 g/mol. The van der Waals surface area contributed by atoms with E-state index in [0.29, 0.717) is 23.7 Å². The van der Waals surface area contributed by atoms with Crippen molar-refractivity contribution in [3.8, 4) is 11.5 Å². The summed E-state index contributed by atoms with van der Waals surface area (Å²) in [6.45, 7) is 4.08. The molecule has 1 amide bonds. The Hall–Kier alpha value is -0.980. The van der Waals surface area contributed by atoms with Gasteiger partial charge in [-0.15, -0.1) is 12.4 Å². The molecule has 1 fully saturated rings. The highest BCUT2D eigenvalue weighted by molar-refractivity contribution is 9.10. The molecule has 1 aliphatic rings. The van der Waals surface area contributed by atoms with Crippen molar-refractivity contribution >= 4 is 34.2 Å². The van der Waals surface area contributed by atoms with Gasteiger partial charge in [0.1, 0.15) is 0 Å². The Bertz CT molecular complexity index is 542. The fourth-order valence-electron chi connectivity index (χ4n) is 2.84. The van der Waals surface area contributed by atoms with Crippen LogP contribution >= 0.6 is 28.3 Å². The minimum Gasteiger partial charge on any atom is -0.493 e. The second-order valence-electron chi connectivity index (χ2n) is 5.27. The summed E-state index contributed by atoms with van der Waals surface area (Å²) in [5, 5.41) is 3.16. The van der Waals surface area contributed by atoms with Gasteiger partial charge < -0.3 is 19.7 Å². The quantitative estimate of drug-likeness (QED) is 0.787.